The Morgan fingerprint density at radius 3 is 2.00 bits per heavy atom. The fourth-order valence-electron chi connectivity index (χ4n) is 5.67. The van der Waals surface area contributed by atoms with Crippen molar-refractivity contribution in [2.75, 3.05) is 12.3 Å². The van der Waals surface area contributed by atoms with Crippen molar-refractivity contribution in [3.8, 4) is 23.0 Å². The summed E-state index contributed by atoms with van der Waals surface area (Å²) < 4.78 is 12.9. The lowest BCUT2D eigenvalue weighted by atomic mass is 9.76. The average Bonchev–Trinajstić information content (AvgIpc) is 3.23. The van der Waals surface area contributed by atoms with Crippen LogP contribution in [0.3, 0.4) is 0 Å². The minimum absolute atomic E-state index is 0.115. The molecule has 0 radical (unpaired) electrons. The lowest BCUT2D eigenvalue weighted by Crippen LogP contribution is -2.33. The molecule has 7 rings (SSSR count). The van der Waals surface area contributed by atoms with Crippen LogP contribution in [0.4, 0.5) is 0 Å². The number of hydrogen-bond donors (Lipinski definition) is 4. The molecule has 5 aromatic carbocycles. The van der Waals surface area contributed by atoms with Gasteiger partial charge in [0.2, 0.25) is 0 Å². The van der Waals surface area contributed by atoms with E-state index in [2.05, 4.69) is 17.9 Å². The molecule has 8 heteroatoms. The molecule has 3 N–H and O–H groups in total. The molecule has 2 aliphatic heterocycles. The Hall–Kier alpha value is -4.69. The zero-order valence-electron chi connectivity index (χ0n) is 20.4. The van der Waals surface area contributed by atoms with Crippen LogP contribution < -0.4 is 10.1 Å². The second-order valence-corrected chi connectivity index (χ2v) is 10.1. The minimum Gasteiger partial charge on any atom is -0.508 e. The van der Waals surface area contributed by atoms with Gasteiger partial charge in [0.15, 0.2) is 5.60 Å². The Labute approximate surface area is 228 Å². The maximum Gasteiger partial charge on any atom is 0.340 e. The fourth-order valence-corrected chi connectivity index (χ4v) is 5.79. The number of amides is 1. The molecule has 0 bridgehead atoms. The number of benzene rings is 5. The van der Waals surface area contributed by atoms with Crippen molar-refractivity contribution in [3.63, 3.8) is 0 Å². The SMILES string of the molecule is O=C(NCCS)c1ccc2c(c1)C1(OC2=O)c2ccc3cc(O)ccc3c2Oc2c1ccc1cc(O)ccc21. The normalized spacial score (nSPS) is 14.4. The van der Waals surface area contributed by atoms with E-state index in [-0.39, 0.29) is 17.4 Å². The molecular formula is C31H21NO6S. The first kappa shape index (κ1) is 23.4. The molecule has 0 atom stereocenters. The van der Waals surface area contributed by atoms with Gasteiger partial charge in [-0.3, -0.25) is 4.79 Å². The van der Waals surface area contributed by atoms with E-state index in [9.17, 15) is 19.8 Å². The van der Waals surface area contributed by atoms with Crippen LogP contribution in [0.25, 0.3) is 21.5 Å². The van der Waals surface area contributed by atoms with Crippen LogP contribution in [0.15, 0.2) is 78.9 Å². The molecule has 1 spiro atoms. The van der Waals surface area contributed by atoms with E-state index in [1.54, 1.807) is 54.6 Å². The molecule has 0 saturated heterocycles. The summed E-state index contributed by atoms with van der Waals surface area (Å²) in [5, 5.41) is 26.0. The highest BCUT2D eigenvalue weighted by Gasteiger charge is 2.54. The minimum atomic E-state index is -1.40. The molecule has 0 aliphatic carbocycles. The summed E-state index contributed by atoms with van der Waals surface area (Å²) in [6.07, 6.45) is 0. The van der Waals surface area contributed by atoms with Crippen LogP contribution >= 0.6 is 12.6 Å². The summed E-state index contributed by atoms with van der Waals surface area (Å²) in [6, 6.07) is 22.2. The molecule has 2 heterocycles. The van der Waals surface area contributed by atoms with Crippen LogP contribution in [0, 0.1) is 0 Å². The fraction of sp³-hybridized carbons (Fsp3) is 0.0968. The van der Waals surface area contributed by atoms with E-state index in [4.69, 9.17) is 9.47 Å². The number of carbonyl (C=O) groups is 2. The van der Waals surface area contributed by atoms with Crippen molar-refractivity contribution in [3.05, 3.63) is 107 Å². The first-order valence-electron chi connectivity index (χ1n) is 12.4. The Kier molecular flexibility index (Phi) is 5.05. The predicted octanol–water partition coefficient (Wildman–Crippen LogP) is 5.63. The number of esters is 1. The van der Waals surface area contributed by atoms with Gasteiger partial charge in [0.25, 0.3) is 5.91 Å². The highest BCUT2D eigenvalue weighted by Crippen LogP contribution is 2.59. The van der Waals surface area contributed by atoms with Crippen molar-refractivity contribution in [1.29, 1.82) is 0 Å². The molecule has 0 saturated carbocycles. The monoisotopic (exact) mass is 535 g/mol. The number of phenols is 2. The molecule has 2 aliphatic rings. The number of thiol groups is 1. The number of carbonyl (C=O) groups excluding carboxylic acids is 2. The average molecular weight is 536 g/mol. The summed E-state index contributed by atoms with van der Waals surface area (Å²) in [4.78, 5) is 26.3. The highest BCUT2D eigenvalue weighted by atomic mass is 32.1. The molecule has 0 aromatic heterocycles. The molecule has 0 unspecified atom stereocenters. The molecule has 192 valence electrons. The predicted molar refractivity (Wildman–Crippen MR) is 149 cm³/mol. The van der Waals surface area contributed by atoms with E-state index < -0.39 is 11.6 Å². The zero-order valence-corrected chi connectivity index (χ0v) is 21.3. The van der Waals surface area contributed by atoms with E-state index in [0.717, 1.165) is 21.5 Å². The zero-order chi connectivity index (χ0) is 26.9. The summed E-state index contributed by atoms with van der Waals surface area (Å²) in [5.41, 5.74) is 1.09. The van der Waals surface area contributed by atoms with E-state index in [0.29, 0.717) is 51.6 Å². The first-order valence-corrected chi connectivity index (χ1v) is 13.0. The molecular weight excluding hydrogens is 514 g/mol. The van der Waals surface area contributed by atoms with E-state index in [1.165, 1.54) is 0 Å². The van der Waals surface area contributed by atoms with Gasteiger partial charge < -0.3 is 25.0 Å². The quantitative estimate of drug-likeness (QED) is 0.176. The van der Waals surface area contributed by atoms with Crippen molar-refractivity contribution >= 4 is 46.1 Å². The summed E-state index contributed by atoms with van der Waals surface area (Å²) in [7, 11) is 0. The maximum absolute atomic E-state index is 13.4. The van der Waals surface area contributed by atoms with Crippen molar-refractivity contribution in [2.45, 2.75) is 5.60 Å². The largest absolute Gasteiger partial charge is 0.508 e. The van der Waals surface area contributed by atoms with Crippen LogP contribution in [0.1, 0.15) is 37.4 Å². The van der Waals surface area contributed by atoms with Gasteiger partial charge in [0.1, 0.15) is 23.0 Å². The second kappa shape index (κ2) is 8.41. The Bertz CT molecular complexity index is 1790. The number of aromatic hydroxyl groups is 2. The van der Waals surface area contributed by atoms with Gasteiger partial charge >= 0.3 is 5.97 Å². The topological polar surface area (TPSA) is 105 Å². The van der Waals surface area contributed by atoms with Crippen molar-refractivity contribution in [1.82, 2.24) is 5.32 Å². The van der Waals surface area contributed by atoms with E-state index >= 15 is 0 Å². The second-order valence-electron chi connectivity index (χ2n) is 9.61. The van der Waals surface area contributed by atoms with Gasteiger partial charge in [-0.15, -0.1) is 0 Å². The summed E-state index contributed by atoms with van der Waals surface area (Å²) in [5.74, 6) is 0.885. The van der Waals surface area contributed by atoms with Crippen molar-refractivity contribution in [2.24, 2.45) is 0 Å². The number of fused-ring (bicyclic) bond motifs is 10. The van der Waals surface area contributed by atoms with Crippen LogP contribution in [-0.4, -0.2) is 34.4 Å². The van der Waals surface area contributed by atoms with Crippen LogP contribution in [-0.2, 0) is 10.3 Å². The number of rotatable bonds is 3. The highest BCUT2D eigenvalue weighted by molar-refractivity contribution is 7.80. The van der Waals surface area contributed by atoms with Crippen LogP contribution in [0.5, 0.6) is 23.0 Å². The number of nitrogens with one attached hydrogen (secondary N) is 1. The Balaban J connectivity index is 1.57. The molecule has 1 amide bonds. The Morgan fingerprint density at radius 2 is 1.41 bits per heavy atom. The van der Waals surface area contributed by atoms with Crippen molar-refractivity contribution < 1.29 is 29.3 Å². The number of phenolic OH excluding ortho intramolecular Hbond substituents is 2. The molecule has 0 fully saturated rings. The molecule has 5 aromatic rings. The lowest BCUT2D eigenvalue weighted by molar-refractivity contribution is 0.0226. The van der Waals surface area contributed by atoms with Gasteiger partial charge in [-0.25, -0.2) is 4.79 Å². The third kappa shape index (κ3) is 3.31. The Morgan fingerprint density at radius 1 is 0.795 bits per heavy atom. The molecule has 7 nitrogen and oxygen atoms in total. The summed E-state index contributed by atoms with van der Waals surface area (Å²) >= 11 is 4.17. The molecule has 39 heavy (non-hydrogen) atoms. The third-order valence-corrected chi connectivity index (χ3v) is 7.62. The lowest BCUT2D eigenvalue weighted by Gasteiger charge is -2.37. The summed E-state index contributed by atoms with van der Waals surface area (Å²) in [6.45, 7) is 0.400. The third-order valence-electron chi connectivity index (χ3n) is 7.39. The number of ether oxygens (including phenoxy) is 2. The van der Waals surface area contributed by atoms with Gasteiger partial charge in [0.05, 0.1) is 5.56 Å². The smallest absolute Gasteiger partial charge is 0.340 e. The van der Waals surface area contributed by atoms with Gasteiger partial charge in [0, 0.05) is 45.3 Å². The standard InChI is InChI=1S/C31H21NO6S/c33-19-4-7-21-16(13-19)2-9-24-27(21)37-28-22-8-5-20(34)14-17(22)3-10-25(28)31(24)26-15-18(29(35)32-11-12-39)1-6-23(26)30(36)38-31/h1-10,13-15,33-34,39H,11-12H2,(H,32,35). The van der Waals surface area contributed by atoms with E-state index in [1.807, 2.05) is 24.3 Å². The number of hydrogen-bond acceptors (Lipinski definition) is 7. The van der Waals surface area contributed by atoms with Gasteiger partial charge in [-0.2, -0.15) is 12.6 Å². The van der Waals surface area contributed by atoms with Gasteiger partial charge in [-0.05, 0) is 77.5 Å². The maximum atomic E-state index is 13.4. The first-order chi connectivity index (χ1) is 18.9. The van der Waals surface area contributed by atoms with Crippen LogP contribution in [0.2, 0.25) is 0 Å². The van der Waals surface area contributed by atoms with Gasteiger partial charge in [-0.1, -0.05) is 12.1 Å².